The predicted octanol–water partition coefficient (Wildman–Crippen LogP) is 7.21. The van der Waals surface area contributed by atoms with Crippen LogP contribution in [0.15, 0.2) is 24.3 Å². The van der Waals surface area contributed by atoms with Gasteiger partial charge in [-0.25, -0.2) is 22.0 Å². The van der Waals surface area contributed by atoms with Crippen LogP contribution in [-0.2, 0) is 10.8 Å². The Balaban J connectivity index is 1.74. The summed E-state index contributed by atoms with van der Waals surface area (Å²) in [6.45, 7) is 3.30. The Hall–Kier alpha value is -2.29. The van der Waals surface area contributed by atoms with Gasteiger partial charge in [-0.1, -0.05) is 6.92 Å². The second kappa shape index (κ2) is 10.1. The highest BCUT2D eigenvalue weighted by Gasteiger charge is 2.42. The quantitative estimate of drug-likeness (QED) is 0.234. The molecule has 0 aromatic heterocycles. The summed E-state index contributed by atoms with van der Waals surface area (Å²) in [4.78, 5) is 0. The summed E-state index contributed by atoms with van der Waals surface area (Å²) >= 11 is 0. The molecule has 176 valence electrons. The molecule has 1 aliphatic rings. The van der Waals surface area contributed by atoms with Crippen LogP contribution >= 0.6 is 0 Å². The molecular weight excluding hydrogens is 441 g/mol. The number of rotatable bonds is 8. The summed E-state index contributed by atoms with van der Waals surface area (Å²) < 4.78 is 107. The third kappa shape index (κ3) is 5.54. The molecule has 0 radical (unpaired) electrons. The van der Waals surface area contributed by atoms with Crippen molar-refractivity contribution in [2.75, 3.05) is 13.2 Å². The summed E-state index contributed by atoms with van der Waals surface area (Å²) in [6, 6.07) is 2.00. The Labute approximate surface area is 181 Å². The molecule has 1 saturated carbocycles. The van der Waals surface area contributed by atoms with E-state index in [0.717, 1.165) is 31.4 Å². The molecule has 2 nitrogen and oxygen atoms in total. The van der Waals surface area contributed by atoms with E-state index in [1.165, 1.54) is 0 Å². The lowest BCUT2D eigenvalue weighted by atomic mass is 9.79. The van der Waals surface area contributed by atoms with Gasteiger partial charge in [-0.05, 0) is 61.6 Å². The standard InChI is InChI=1S/C23H23F7O2/c1-2-7-31-12-13-3-5-14(6-4-13)15-8-17(24)21(18(25)9-15)23(29,30)32-16-10-19(26)22(28)20(27)11-16/h8-11,13-14H,2-7,12H2,1H3. The first-order valence-corrected chi connectivity index (χ1v) is 10.4. The fourth-order valence-corrected chi connectivity index (χ4v) is 3.95. The Bertz CT molecular complexity index is 894. The van der Waals surface area contributed by atoms with Gasteiger partial charge in [0.25, 0.3) is 0 Å². The SMILES string of the molecule is CCCOCC1CCC(c2cc(F)c(C(F)(F)Oc3cc(F)c(F)c(F)c3)c(F)c2)CC1. The van der Waals surface area contributed by atoms with Crippen molar-refractivity contribution in [2.24, 2.45) is 5.92 Å². The largest absolute Gasteiger partial charge is 0.432 e. The van der Waals surface area contributed by atoms with Crippen molar-refractivity contribution >= 4 is 0 Å². The molecule has 0 saturated heterocycles. The minimum atomic E-state index is -4.59. The summed E-state index contributed by atoms with van der Waals surface area (Å²) in [5, 5.41) is 0. The second-order valence-electron chi connectivity index (χ2n) is 7.97. The van der Waals surface area contributed by atoms with Crippen LogP contribution in [0.5, 0.6) is 5.75 Å². The minimum Gasteiger partial charge on any atom is -0.429 e. The van der Waals surface area contributed by atoms with Crippen molar-refractivity contribution in [1.82, 2.24) is 0 Å². The molecule has 0 unspecified atom stereocenters. The normalized spacial score (nSPS) is 19.2. The fraction of sp³-hybridized carbons (Fsp3) is 0.478. The molecule has 1 fully saturated rings. The first-order valence-electron chi connectivity index (χ1n) is 10.4. The number of hydrogen-bond acceptors (Lipinski definition) is 2. The van der Waals surface area contributed by atoms with Gasteiger partial charge < -0.3 is 9.47 Å². The summed E-state index contributed by atoms with van der Waals surface area (Å²) in [5.41, 5.74) is -1.43. The van der Waals surface area contributed by atoms with Gasteiger partial charge in [0.15, 0.2) is 17.5 Å². The van der Waals surface area contributed by atoms with Crippen molar-refractivity contribution in [3.8, 4) is 5.75 Å². The van der Waals surface area contributed by atoms with Crippen LogP contribution in [0.2, 0.25) is 0 Å². The maximum atomic E-state index is 14.5. The first kappa shape index (κ1) is 24.4. The summed E-state index contributed by atoms with van der Waals surface area (Å²) in [7, 11) is 0. The van der Waals surface area contributed by atoms with Crippen LogP contribution in [0, 0.1) is 35.0 Å². The van der Waals surface area contributed by atoms with E-state index in [1.54, 1.807) is 0 Å². The highest BCUT2D eigenvalue weighted by molar-refractivity contribution is 5.33. The zero-order valence-electron chi connectivity index (χ0n) is 17.4. The molecule has 2 aromatic rings. The van der Waals surface area contributed by atoms with Crippen molar-refractivity contribution < 1.29 is 40.2 Å². The molecule has 0 N–H and O–H groups in total. The molecule has 9 heteroatoms. The smallest absolute Gasteiger partial charge is 0.429 e. The van der Waals surface area contributed by atoms with Gasteiger partial charge in [-0.2, -0.15) is 8.78 Å². The number of ether oxygens (including phenoxy) is 2. The van der Waals surface area contributed by atoms with Crippen molar-refractivity contribution in [2.45, 2.75) is 51.1 Å². The molecule has 32 heavy (non-hydrogen) atoms. The zero-order valence-corrected chi connectivity index (χ0v) is 17.4. The molecule has 3 rings (SSSR count). The fourth-order valence-electron chi connectivity index (χ4n) is 3.95. The number of hydrogen-bond donors (Lipinski definition) is 0. The van der Waals surface area contributed by atoms with E-state index >= 15 is 0 Å². The van der Waals surface area contributed by atoms with E-state index in [-0.39, 0.29) is 23.6 Å². The van der Waals surface area contributed by atoms with Gasteiger partial charge in [0.1, 0.15) is 22.9 Å². The van der Waals surface area contributed by atoms with Gasteiger partial charge in [-0.15, -0.1) is 0 Å². The Kier molecular flexibility index (Phi) is 7.69. The van der Waals surface area contributed by atoms with E-state index in [9.17, 15) is 30.7 Å². The van der Waals surface area contributed by atoms with Gasteiger partial charge in [0.05, 0.1) is 0 Å². The number of benzene rings is 2. The molecule has 0 bridgehead atoms. The minimum absolute atomic E-state index is 0.166. The van der Waals surface area contributed by atoms with E-state index in [2.05, 4.69) is 4.74 Å². The lowest BCUT2D eigenvalue weighted by Crippen LogP contribution is -2.26. The van der Waals surface area contributed by atoms with Crippen molar-refractivity contribution in [1.29, 1.82) is 0 Å². The lowest BCUT2D eigenvalue weighted by molar-refractivity contribution is -0.189. The maximum Gasteiger partial charge on any atom is 0.432 e. The Morgan fingerprint density at radius 2 is 1.41 bits per heavy atom. The van der Waals surface area contributed by atoms with E-state index < -0.39 is 46.5 Å². The lowest BCUT2D eigenvalue weighted by Gasteiger charge is -2.29. The van der Waals surface area contributed by atoms with Crippen LogP contribution < -0.4 is 4.74 Å². The van der Waals surface area contributed by atoms with Gasteiger partial charge in [-0.3, -0.25) is 0 Å². The van der Waals surface area contributed by atoms with Crippen molar-refractivity contribution in [3.63, 3.8) is 0 Å². The first-order chi connectivity index (χ1) is 15.1. The Morgan fingerprint density at radius 3 is 1.94 bits per heavy atom. The molecule has 0 amide bonds. The van der Waals surface area contributed by atoms with Gasteiger partial charge >= 0.3 is 6.11 Å². The zero-order chi connectivity index (χ0) is 23.5. The predicted molar refractivity (Wildman–Crippen MR) is 103 cm³/mol. The van der Waals surface area contributed by atoms with E-state index in [1.807, 2.05) is 6.92 Å². The van der Waals surface area contributed by atoms with Crippen LogP contribution in [-0.4, -0.2) is 13.2 Å². The molecule has 0 heterocycles. The molecule has 2 aromatic carbocycles. The molecular formula is C23H23F7O2. The topological polar surface area (TPSA) is 18.5 Å². The van der Waals surface area contributed by atoms with Gasteiger partial charge in [0, 0.05) is 25.3 Å². The summed E-state index contributed by atoms with van der Waals surface area (Å²) in [6.07, 6.45) is -0.809. The highest BCUT2D eigenvalue weighted by atomic mass is 19.3. The average Bonchev–Trinajstić information content (AvgIpc) is 2.71. The number of alkyl halides is 2. The average molecular weight is 464 g/mol. The third-order valence-corrected chi connectivity index (χ3v) is 5.58. The third-order valence-electron chi connectivity index (χ3n) is 5.58. The molecule has 1 aliphatic carbocycles. The van der Waals surface area contributed by atoms with Crippen LogP contribution in [0.3, 0.4) is 0 Å². The maximum absolute atomic E-state index is 14.5. The number of halogens is 7. The van der Waals surface area contributed by atoms with Gasteiger partial charge in [0.2, 0.25) is 0 Å². The van der Waals surface area contributed by atoms with Crippen LogP contribution in [0.1, 0.15) is 56.1 Å². The van der Waals surface area contributed by atoms with Crippen molar-refractivity contribution in [3.05, 3.63) is 64.5 Å². The highest BCUT2D eigenvalue weighted by Crippen LogP contribution is 2.40. The van der Waals surface area contributed by atoms with Crippen LogP contribution in [0.25, 0.3) is 0 Å². The Morgan fingerprint density at radius 1 is 0.844 bits per heavy atom. The molecule has 0 spiro atoms. The van der Waals surface area contributed by atoms with E-state index in [4.69, 9.17) is 4.74 Å². The monoisotopic (exact) mass is 464 g/mol. The van der Waals surface area contributed by atoms with Crippen LogP contribution in [0.4, 0.5) is 30.7 Å². The molecule has 0 aliphatic heterocycles. The summed E-state index contributed by atoms with van der Waals surface area (Å²) in [5.74, 6) is -9.47. The second-order valence-corrected chi connectivity index (χ2v) is 7.97. The van der Waals surface area contributed by atoms with E-state index in [0.29, 0.717) is 32.0 Å². The molecule has 0 atom stereocenters.